The van der Waals surface area contributed by atoms with Gasteiger partial charge in [-0.3, -0.25) is 4.98 Å². The summed E-state index contributed by atoms with van der Waals surface area (Å²) in [5.74, 6) is 0.747. The van der Waals surface area contributed by atoms with Gasteiger partial charge < -0.3 is 0 Å². The minimum atomic E-state index is 0.0721. The summed E-state index contributed by atoms with van der Waals surface area (Å²) >= 11 is 4.77. The Labute approximate surface area is 84.4 Å². The first-order chi connectivity index (χ1) is 5.83. The standard InChI is InChI=1S/C6H6BrN2OPS/c7-5-1-2-6(8-3-5)4-12-11-9-10/h1-3,11H,4H2. The summed E-state index contributed by atoms with van der Waals surface area (Å²) < 4.78 is 0.965. The molecule has 6 heteroatoms. The number of pyridine rings is 1. The van der Waals surface area contributed by atoms with E-state index in [1.165, 1.54) is 11.4 Å². The Morgan fingerprint density at radius 3 is 3.08 bits per heavy atom. The van der Waals surface area contributed by atoms with Gasteiger partial charge in [-0.15, -0.1) is 16.3 Å². The molecule has 0 aliphatic rings. The molecule has 1 heterocycles. The molecule has 1 aromatic heterocycles. The van der Waals surface area contributed by atoms with Crippen LogP contribution in [0.4, 0.5) is 0 Å². The van der Waals surface area contributed by atoms with E-state index >= 15 is 0 Å². The maximum atomic E-state index is 9.76. The average molecular weight is 265 g/mol. The lowest BCUT2D eigenvalue weighted by atomic mass is 10.4. The van der Waals surface area contributed by atoms with Crippen molar-refractivity contribution in [2.45, 2.75) is 5.75 Å². The highest BCUT2D eigenvalue weighted by molar-refractivity contribution is 9.10. The van der Waals surface area contributed by atoms with Crippen molar-refractivity contribution in [3.8, 4) is 0 Å². The summed E-state index contributed by atoms with van der Waals surface area (Å²) in [6, 6.07) is 3.85. The molecular formula is C6H6BrN2OPS. The van der Waals surface area contributed by atoms with Crippen molar-refractivity contribution in [2.75, 3.05) is 0 Å². The van der Waals surface area contributed by atoms with Gasteiger partial charge in [0.2, 0.25) is 0 Å². The van der Waals surface area contributed by atoms with Gasteiger partial charge in [0.05, 0.1) is 5.69 Å². The van der Waals surface area contributed by atoms with E-state index in [2.05, 4.69) is 25.9 Å². The summed E-state index contributed by atoms with van der Waals surface area (Å²) in [7, 11) is 0.0721. The van der Waals surface area contributed by atoms with Crippen molar-refractivity contribution in [1.82, 2.24) is 4.98 Å². The van der Waals surface area contributed by atoms with E-state index in [0.29, 0.717) is 0 Å². The van der Waals surface area contributed by atoms with Crippen LogP contribution in [0, 0.1) is 4.91 Å². The third-order valence-corrected chi connectivity index (χ3v) is 3.27. The highest BCUT2D eigenvalue weighted by Crippen LogP contribution is 2.32. The first-order valence-corrected chi connectivity index (χ1v) is 6.57. The molecule has 0 aliphatic heterocycles. The highest BCUT2D eigenvalue weighted by Gasteiger charge is 1.94. The number of halogens is 1. The van der Waals surface area contributed by atoms with E-state index in [0.717, 1.165) is 15.9 Å². The second-order valence-corrected chi connectivity index (χ2v) is 5.21. The van der Waals surface area contributed by atoms with E-state index in [1.54, 1.807) is 6.20 Å². The molecule has 0 aliphatic carbocycles. The summed E-state index contributed by atoms with van der Waals surface area (Å²) in [6.07, 6.45) is 1.74. The van der Waals surface area contributed by atoms with E-state index in [1.807, 2.05) is 12.1 Å². The van der Waals surface area contributed by atoms with Gasteiger partial charge in [-0.2, -0.15) is 0 Å². The molecule has 0 spiro atoms. The van der Waals surface area contributed by atoms with Gasteiger partial charge in [0.15, 0.2) is 0 Å². The summed E-state index contributed by atoms with van der Waals surface area (Å²) in [5, 5.41) is 0. The van der Waals surface area contributed by atoms with Crippen molar-refractivity contribution < 1.29 is 0 Å². The Bertz CT molecular complexity index is 256. The third kappa shape index (κ3) is 3.61. The van der Waals surface area contributed by atoms with Crippen LogP contribution in [0.3, 0.4) is 0 Å². The molecule has 3 nitrogen and oxygen atoms in total. The van der Waals surface area contributed by atoms with Gasteiger partial charge in [-0.1, -0.05) is 0 Å². The van der Waals surface area contributed by atoms with Gasteiger partial charge in [0.1, 0.15) is 7.93 Å². The lowest BCUT2D eigenvalue weighted by Crippen LogP contribution is -1.82. The number of hydrogen-bond acceptors (Lipinski definition) is 4. The monoisotopic (exact) mass is 264 g/mol. The molecule has 0 saturated heterocycles. The zero-order valence-corrected chi connectivity index (χ0v) is 9.43. The minimum absolute atomic E-state index is 0.0721. The van der Waals surface area contributed by atoms with Crippen LogP contribution in [-0.2, 0) is 5.75 Å². The lowest BCUT2D eigenvalue weighted by Gasteiger charge is -1.96. The van der Waals surface area contributed by atoms with Crippen molar-refractivity contribution in [1.29, 1.82) is 0 Å². The number of hydrogen-bond donors (Lipinski definition) is 0. The zero-order chi connectivity index (χ0) is 8.81. The Morgan fingerprint density at radius 2 is 2.50 bits per heavy atom. The molecule has 0 N–H and O–H groups in total. The lowest BCUT2D eigenvalue weighted by molar-refractivity contribution is 1.17. The molecule has 1 atom stereocenters. The van der Waals surface area contributed by atoms with Crippen molar-refractivity contribution in [2.24, 2.45) is 4.95 Å². The van der Waals surface area contributed by atoms with Crippen LogP contribution >= 0.6 is 35.2 Å². The smallest absolute Gasteiger partial charge is 0.110 e. The van der Waals surface area contributed by atoms with Crippen LogP contribution < -0.4 is 0 Å². The second kappa shape index (κ2) is 5.62. The quantitative estimate of drug-likeness (QED) is 0.476. The van der Waals surface area contributed by atoms with E-state index < -0.39 is 0 Å². The van der Waals surface area contributed by atoms with Crippen molar-refractivity contribution in [3.63, 3.8) is 0 Å². The maximum Gasteiger partial charge on any atom is 0.110 e. The van der Waals surface area contributed by atoms with Gasteiger partial charge >= 0.3 is 0 Å². The molecule has 0 bridgehead atoms. The predicted octanol–water partition coefficient (Wildman–Crippen LogP) is 3.35. The number of aromatic nitrogens is 1. The fourth-order valence-corrected chi connectivity index (χ4v) is 2.09. The van der Waals surface area contributed by atoms with Crippen LogP contribution in [0.15, 0.2) is 27.7 Å². The molecule has 64 valence electrons. The van der Waals surface area contributed by atoms with Crippen molar-refractivity contribution >= 4 is 35.2 Å². The molecule has 0 saturated carbocycles. The molecule has 1 aromatic rings. The van der Waals surface area contributed by atoms with E-state index in [9.17, 15) is 4.91 Å². The van der Waals surface area contributed by atoms with Gasteiger partial charge in [-0.25, -0.2) is 0 Å². The largest absolute Gasteiger partial charge is 0.259 e. The van der Waals surface area contributed by atoms with Crippen LogP contribution in [0.2, 0.25) is 0 Å². The van der Waals surface area contributed by atoms with Crippen LogP contribution in [0.1, 0.15) is 5.69 Å². The summed E-state index contributed by atoms with van der Waals surface area (Å²) in [4.78, 5) is 16.7. The first kappa shape index (κ1) is 10.1. The topological polar surface area (TPSA) is 42.3 Å². The average Bonchev–Trinajstić information content (AvgIpc) is 2.09. The normalized spacial score (nSPS) is 10.8. The summed E-state index contributed by atoms with van der Waals surface area (Å²) in [5.41, 5.74) is 0.972. The Morgan fingerprint density at radius 1 is 1.67 bits per heavy atom. The first-order valence-electron chi connectivity index (χ1n) is 3.12. The molecule has 0 aromatic carbocycles. The molecular weight excluding hydrogens is 259 g/mol. The minimum Gasteiger partial charge on any atom is -0.259 e. The molecule has 1 rings (SSSR count). The molecule has 1 unspecified atom stereocenters. The van der Waals surface area contributed by atoms with E-state index in [-0.39, 0.29) is 7.93 Å². The Kier molecular flexibility index (Phi) is 4.73. The predicted molar refractivity (Wildman–Crippen MR) is 57.3 cm³/mol. The van der Waals surface area contributed by atoms with E-state index in [4.69, 9.17) is 0 Å². The number of rotatable bonds is 4. The van der Waals surface area contributed by atoms with Gasteiger partial charge in [-0.05, 0) is 33.0 Å². The SMILES string of the molecule is O=NPSCc1ccc(Br)cn1. The van der Waals surface area contributed by atoms with Gasteiger partial charge in [0, 0.05) is 16.4 Å². The van der Waals surface area contributed by atoms with Crippen LogP contribution in [0.5, 0.6) is 0 Å². The number of nitroso groups, excluding NO2 is 1. The Balaban J connectivity index is 2.42. The highest BCUT2D eigenvalue weighted by atomic mass is 79.9. The van der Waals surface area contributed by atoms with Crippen molar-refractivity contribution in [3.05, 3.63) is 33.4 Å². The molecule has 0 amide bonds. The zero-order valence-electron chi connectivity index (χ0n) is 6.03. The maximum absolute atomic E-state index is 9.76. The molecule has 0 fully saturated rings. The fraction of sp³-hybridized carbons (Fsp3) is 0.167. The fourth-order valence-electron chi connectivity index (χ4n) is 0.624. The second-order valence-electron chi connectivity index (χ2n) is 1.94. The van der Waals surface area contributed by atoms with Crippen LogP contribution in [0.25, 0.3) is 0 Å². The Hall–Kier alpha value is 0.01000. The summed E-state index contributed by atoms with van der Waals surface area (Å²) in [6.45, 7) is 0. The third-order valence-electron chi connectivity index (χ3n) is 1.11. The molecule has 0 radical (unpaired) electrons. The molecule has 12 heavy (non-hydrogen) atoms. The van der Waals surface area contributed by atoms with Gasteiger partial charge in [0.25, 0.3) is 0 Å². The number of nitrogens with zero attached hydrogens (tertiary/aromatic N) is 2. The van der Waals surface area contributed by atoms with Crippen LogP contribution in [-0.4, -0.2) is 4.98 Å².